The molecule has 0 radical (unpaired) electrons. The molecule has 1 aromatic heterocycles. The van der Waals surface area contributed by atoms with E-state index in [-0.39, 0.29) is 5.75 Å². The largest absolute Gasteiger partial charge is 0.488 e. The Balaban J connectivity index is 1.70. The zero-order valence-corrected chi connectivity index (χ0v) is 14.3. The van der Waals surface area contributed by atoms with Gasteiger partial charge in [-0.15, -0.1) is 11.3 Å². The molecule has 23 heavy (non-hydrogen) atoms. The molecule has 0 aliphatic carbocycles. The summed E-state index contributed by atoms with van der Waals surface area (Å²) in [6.07, 6.45) is 0. The first-order chi connectivity index (χ1) is 11.1. The van der Waals surface area contributed by atoms with Crippen LogP contribution in [-0.4, -0.2) is 14.2 Å². The van der Waals surface area contributed by atoms with Gasteiger partial charge in [-0.3, -0.25) is 4.72 Å². The number of fused-ring (bicyclic) bond motifs is 1. The van der Waals surface area contributed by atoms with Gasteiger partial charge in [0.25, 0.3) is 0 Å². The van der Waals surface area contributed by atoms with E-state index in [0.717, 1.165) is 4.88 Å². The molecule has 6 heteroatoms. The first kappa shape index (κ1) is 15.8. The van der Waals surface area contributed by atoms with E-state index in [4.69, 9.17) is 4.74 Å². The predicted molar refractivity (Wildman–Crippen MR) is 95.7 cm³/mol. The van der Waals surface area contributed by atoms with Gasteiger partial charge in [0, 0.05) is 15.6 Å². The summed E-state index contributed by atoms with van der Waals surface area (Å²) in [7, 11) is -3.28. The molecule has 3 rings (SSSR count). The summed E-state index contributed by atoms with van der Waals surface area (Å²) in [6.45, 7) is 2.06. The summed E-state index contributed by atoms with van der Waals surface area (Å²) in [6, 6.07) is 17.3. The average molecular weight is 347 g/mol. The van der Waals surface area contributed by atoms with Gasteiger partial charge < -0.3 is 4.74 Å². The first-order valence-corrected chi connectivity index (χ1v) is 9.73. The summed E-state index contributed by atoms with van der Waals surface area (Å²) >= 11 is 1.70. The van der Waals surface area contributed by atoms with Gasteiger partial charge >= 0.3 is 0 Å². The third kappa shape index (κ3) is 4.03. The summed E-state index contributed by atoms with van der Waals surface area (Å²) in [4.78, 5) is 1.13. The third-order valence-electron chi connectivity index (χ3n) is 3.35. The highest BCUT2D eigenvalue weighted by molar-refractivity contribution is 7.92. The highest BCUT2D eigenvalue weighted by atomic mass is 32.2. The van der Waals surface area contributed by atoms with Crippen LogP contribution in [0, 0.1) is 0 Å². The van der Waals surface area contributed by atoms with E-state index in [9.17, 15) is 8.42 Å². The standard InChI is InChI=1S/C17H17NO3S2/c1-2-23(19,20)18-14-7-5-8-15(11-14)21-12-16-10-13-6-3-4-9-17(13)22-16/h3-11,18H,2,12H2,1H3. The van der Waals surface area contributed by atoms with Gasteiger partial charge in [-0.2, -0.15) is 0 Å². The lowest BCUT2D eigenvalue weighted by atomic mass is 10.2. The Morgan fingerprint density at radius 3 is 2.70 bits per heavy atom. The highest BCUT2D eigenvalue weighted by Gasteiger charge is 2.08. The molecule has 120 valence electrons. The van der Waals surface area contributed by atoms with Crippen molar-refractivity contribution in [1.82, 2.24) is 0 Å². The van der Waals surface area contributed by atoms with Crippen LogP contribution in [-0.2, 0) is 16.6 Å². The van der Waals surface area contributed by atoms with Crippen LogP contribution < -0.4 is 9.46 Å². The summed E-state index contributed by atoms with van der Waals surface area (Å²) in [5.74, 6) is 0.679. The van der Waals surface area contributed by atoms with Gasteiger partial charge in [0.05, 0.1) is 11.4 Å². The average Bonchev–Trinajstić information content (AvgIpc) is 2.96. The van der Waals surface area contributed by atoms with E-state index in [0.29, 0.717) is 18.0 Å². The minimum Gasteiger partial charge on any atom is -0.488 e. The molecular weight excluding hydrogens is 330 g/mol. The number of hydrogen-bond donors (Lipinski definition) is 1. The second kappa shape index (κ2) is 6.60. The minimum atomic E-state index is -3.28. The third-order valence-corrected chi connectivity index (χ3v) is 5.74. The Morgan fingerprint density at radius 1 is 1.09 bits per heavy atom. The van der Waals surface area contributed by atoms with Crippen molar-refractivity contribution in [2.45, 2.75) is 13.5 Å². The van der Waals surface area contributed by atoms with Crippen molar-refractivity contribution in [3.63, 3.8) is 0 Å². The van der Waals surface area contributed by atoms with Crippen LogP contribution in [0.1, 0.15) is 11.8 Å². The van der Waals surface area contributed by atoms with Gasteiger partial charge in [0.2, 0.25) is 10.0 Å². The molecule has 3 aromatic rings. The Bertz CT molecular complexity index is 883. The van der Waals surface area contributed by atoms with Crippen LogP contribution in [0.15, 0.2) is 54.6 Å². The van der Waals surface area contributed by atoms with Gasteiger partial charge in [-0.1, -0.05) is 24.3 Å². The quantitative estimate of drug-likeness (QED) is 0.725. The lowest BCUT2D eigenvalue weighted by Gasteiger charge is -2.09. The van der Waals surface area contributed by atoms with E-state index in [1.54, 1.807) is 36.5 Å². The first-order valence-electron chi connectivity index (χ1n) is 7.26. The van der Waals surface area contributed by atoms with Gasteiger partial charge in [0.15, 0.2) is 0 Å². The summed E-state index contributed by atoms with van der Waals surface area (Å²) in [5, 5.41) is 1.21. The number of ether oxygens (including phenoxy) is 1. The van der Waals surface area contributed by atoms with Gasteiger partial charge in [-0.25, -0.2) is 8.42 Å². The van der Waals surface area contributed by atoms with Crippen LogP contribution in [0.4, 0.5) is 5.69 Å². The fourth-order valence-corrected chi connectivity index (χ4v) is 3.77. The van der Waals surface area contributed by atoms with Crippen LogP contribution in [0.2, 0.25) is 0 Å². The molecular formula is C17H17NO3S2. The second-order valence-corrected chi connectivity index (χ2v) is 8.25. The Labute approximate surface area is 139 Å². The van der Waals surface area contributed by atoms with Gasteiger partial charge in [-0.05, 0) is 36.6 Å². The molecule has 0 atom stereocenters. The Kier molecular flexibility index (Phi) is 4.54. The fourth-order valence-electron chi connectivity index (χ4n) is 2.16. The van der Waals surface area contributed by atoms with Crippen molar-refractivity contribution in [3.05, 3.63) is 59.5 Å². The normalized spacial score (nSPS) is 11.5. The predicted octanol–water partition coefficient (Wildman–Crippen LogP) is 4.24. The van der Waals surface area contributed by atoms with Crippen molar-refractivity contribution in [3.8, 4) is 5.75 Å². The molecule has 0 saturated carbocycles. The van der Waals surface area contributed by atoms with E-state index in [2.05, 4.69) is 22.9 Å². The maximum atomic E-state index is 11.6. The van der Waals surface area contributed by atoms with Crippen molar-refractivity contribution in [2.24, 2.45) is 0 Å². The zero-order chi connectivity index (χ0) is 16.3. The molecule has 0 fully saturated rings. The number of anilines is 1. The van der Waals surface area contributed by atoms with Gasteiger partial charge in [0.1, 0.15) is 12.4 Å². The number of nitrogens with one attached hydrogen (secondary N) is 1. The molecule has 0 bridgehead atoms. The van der Waals surface area contributed by atoms with E-state index >= 15 is 0 Å². The van der Waals surface area contributed by atoms with Crippen molar-refractivity contribution >= 4 is 37.1 Å². The SMILES string of the molecule is CCS(=O)(=O)Nc1cccc(OCc2cc3ccccc3s2)c1. The smallest absolute Gasteiger partial charge is 0.232 e. The molecule has 0 amide bonds. The molecule has 0 spiro atoms. The molecule has 1 N–H and O–H groups in total. The van der Waals surface area contributed by atoms with Crippen LogP contribution >= 0.6 is 11.3 Å². The number of hydrogen-bond acceptors (Lipinski definition) is 4. The van der Waals surface area contributed by atoms with Crippen LogP contribution in [0.25, 0.3) is 10.1 Å². The second-order valence-electron chi connectivity index (χ2n) is 5.07. The van der Waals surface area contributed by atoms with E-state index in [1.165, 1.54) is 10.1 Å². The lowest BCUT2D eigenvalue weighted by molar-refractivity contribution is 0.310. The fraction of sp³-hybridized carbons (Fsp3) is 0.176. The van der Waals surface area contributed by atoms with E-state index < -0.39 is 10.0 Å². The molecule has 4 nitrogen and oxygen atoms in total. The number of rotatable bonds is 6. The lowest BCUT2D eigenvalue weighted by Crippen LogP contribution is -2.14. The Morgan fingerprint density at radius 2 is 1.91 bits per heavy atom. The Hall–Kier alpha value is -2.05. The van der Waals surface area contributed by atoms with Crippen molar-refractivity contribution in [1.29, 1.82) is 0 Å². The maximum absolute atomic E-state index is 11.6. The molecule has 0 aliphatic heterocycles. The van der Waals surface area contributed by atoms with Crippen molar-refractivity contribution < 1.29 is 13.2 Å². The number of thiophene rings is 1. The number of benzene rings is 2. The van der Waals surface area contributed by atoms with Crippen LogP contribution in [0.3, 0.4) is 0 Å². The topological polar surface area (TPSA) is 55.4 Å². The minimum absolute atomic E-state index is 0.0415. The van der Waals surface area contributed by atoms with Crippen LogP contribution in [0.5, 0.6) is 5.75 Å². The molecule has 1 heterocycles. The van der Waals surface area contributed by atoms with E-state index in [1.807, 2.05) is 18.2 Å². The van der Waals surface area contributed by atoms with Crippen molar-refractivity contribution in [2.75, 3.05) is 10.5 Å². The summed E-state index contributed by atoms with van der Waals surface area (Å²) in [5.41, 5.74) is 0.515. The molecule has 0 unspecified atom stereocenters. The molecule has 0 aliphatic rings. The monoisotopic (exact) mass is 347 g/mol. The zero-order valence-electron chi connectivity index (χ0n) is 12.7. The number of sulfonamides is 1. The summed E-state index contributed by atoms with van der Waals surface area (Å²) < 4.78 is 32.8. The molecule has 2 aromatic carbocycles. The maximum Gasteiger partial charge on any atom is 0.232 e. The molecule has 0 saturated heterocycles. The highest BCUT2D eigenvalue weighted by Crippen LogP contribution is 2.27.